The summed E-state index contributed by atoms with van der Waals surface area (Å²) < 4.78 is 0. The van der Waals surface area contributed by atoms with E-state index < -0.39 is 0 Å². The number of nitrogens with zero attached hydrogens (tertiary/aromatic N) is 5. The first-order chi connectivity index (χ1) is 15.8. The molecule has 6 rings (SSSR count). The molecular weight excluding hydrogens is 587 g/mol. The maximum Gasteiger partial charge on any atom is 0.0671 e. The summed E-state index contributed by atoms with van der Waals surface area (Å²) in [4.78, 5) is 8.90. The topological polar surface area (TPSA) is 65.7 Å². The van der Waals surface area contributed by atoms with Gasteiger partial charge in [-0.2, -0.15) is 0 Å². The van der Waals surface area contributed by atoms with E-state index in [4.69, 9.17) is 4.98 Å². The van der Waals surface area contributed by atoms with E-state index in [1.165, 1.54) is 21.7 Å². The number of hydrogen-bond donors (Lipinski definition) is 0. The number of para-hydroxylation sites is 1. The Hall–Kier alpha value is -3.73. The SMILES string of the molecule is Cc1cc(-c2[c-]ccc3ccccc23)nc2ccccc12.[Ir].c1ccc(-c2cnn[n-]2)nc1. The maximum atomic E-state index is 4.83. The molecule has 6 aromatic rings. The van der Waals surface area contributed by atoms with E-state index in [-0.39, 0.29) is 20.1 Å². The molecule has 0 saturated heterocycles. The summed E-state index contributed by atoms with van der Waals surface area (Å²) in [7, 11) is 0. The van der Waals surface area contributed by atoms with E-state index in [1.54, 1.807) is 12.4 Å². The molecule has 0 saturated carbocycles. The predicted molar refractivity (Wildman–Crippen MR) is 127 cm³/mol. The molecule has 33 heavy (non-hydrogen) atoms. The van der Waals surface area contributed by atoms with Gasteiger partial charge in [0.25, 0.3) is 0 Å². The number of fused-ring (bicyclic) bond motifs is 2. The zero-order chi connectivity index (χ0) is 21.8. The van der Waals surface area contributed by atoms with Crippen LogP contribution < -0.4 is 5.10 Å². The van der Waals surface area contributed by atoms with Crippen LogP contribution in [0.15, 0.2) is 97.3 Å². The van der Waals surface area contributed by atoms with Gasteiger partial charge in [-0.3, -0.25) is 15.2 Å². The van der Waals surface area contributed by atoms with Crippen molar-refractivity contribution in [3.05, 3.63) is 109 Å². The van der Waals surface area contributed by atoms with E-state index in [2.05, 4.69) is 88.0 Å². The quantitative estimate of drug-likeness (QED) is 0.239. The molecule has 1 radical (unpaired) electrons. The minimum Gasteiger partial charge on any atom is -0.358 e. The number of aryl methyl sites for hydroxylation is 1. The normalized spacial score (nSPS) is 10.3. The van der Waals surface area contributed by atoms with Crippen LogP contribution in [-0.4, -0.2) is 20.3 Å². The van der Waals surface area contributed by atoms with Crippen molar-refractivity contribution in [2.24, 2.45) is 0 Å². The fourth-order valence-electron chi connectivity index (χ4n) is 3.66. The second-order valence-electron chi connectivity index (χ2n) is 7.32. The Morgan fingerprint density at radius 2 is 1.61 bits per heavy atom. The van der Waals surface area contributed by atoms with Gasteiger partial charge in [0.1, 0.15) is 0 Å². The molecule has 3 aromatic carbocycles. The monoisotopic (exact) mass is 606 g/mol. The minimum absolute atomic E-state index is 0. The predicted octanol–water partition coefficient (Wildman–Crippen LogP) is 5.66. The van der Waals surface area contributed by atoms with Crippen LogP contribution in [0.5, 0.6) is 0 Å². The summed E-state index contributed by atoms with van der Waals surface area (Å²) in [6.07, 6.45) is 3.30. The third kappa shape index (κ3) is 4.87. The first-order valence-corrected chi connectivity index (χ1v) is 10.3. The van der Waals surface area contributed by atoms with Crippen molar-refractivity contribution >= 4 is 21.7 Å². The van der Waals surface area contributed by atoms with Gasteiger partial charge in [0, 0.05) is 31.7 Å². The zero-order valence-corrected chi connectivity index (χ0v) is 20.2. The molecule has 0 aliphatic rings. The van der Waals surface area contributed by atoms with Gasteiger partial charge in [-0.25, -0.2) is 0 Å². The van der Waals surface area contributed by atoms with Crippen molar-refractivity contribution in [3.63, 3.8) is 0 Å². The largest absolute Gasteiger partial charge is 0.358 e. The van der Waals surface area contributed by atoms with Gasteiger partial charge in [0.15, 0.2) is 0 Å². The Balaban J connectivity index is 0.000000183. The first-order valence-electron chi connectivity index (χ1n) is 10.3. The van der Waals surface area contributed by atoms with Crippen LogP contribution in [0.1, 0.15) is 5.56 Å². The molecule has 163 valence electrons. The van der Waals surface area contributed by atoms with Crippen LogP contribution in [0.3, 0.4) is 0 Å². The molecule has 0 aliphatic heterocycles. The van der Waals surface area contributed by atoms with Gasteiger partial charge in [0.2, 0.25) is 0 Å². The third-order valence-corrected chi connectivity index (χ3v) is 5.21. The fourth-order valence-corrected chi connectivity index (χ4v) is 3.66. The molecule has 3 aromatic heterocycles. The fraction of sp³-hybridized carbons (Fsp3) is 0.0370. The molecular formula is C27H19IrN5-2. The van der Waals surface area contributed by atoms with E-state index in [9.17, 15) is 0 Å². The smallest absolute Gasteiger partial charge is 0.0671 e. The minimum atomic E-state index is 0. The number of benzene rings is 3. The number of rotatable bonds is 2. The van der Waals surface area contributed by atoms with Crippen LogP contribution in [0.2, 0.25) is 0 Å². The molecule has 0 unspecified atom stereocenters. The number of aromatic nitrogens is 5. The number of pyridine rings is 2. The number of hydrogen-bond acceptors (Lipinski definition) is 4. The van der Waals surface area contributed by atoms with Gasteiger partial charge < -0.3 is 10.2 Å². The summed E-state index contributed by atoms with van der Waals surface area (Å²) in [5, 5.41) is 14.4. The molecule has 0 atom stereocenters. The van der Waals surface area contributed by atoms with E-state index >= 15 is 0 Å². The third-order valence-electron chi connectivity index (χ3n) is 5.21. The Morgan fingerprint density at radius 1 is 0.818 bits per heavy atom. The van der Waals surface area contributed by atoms with Gasteiger partial charge >= 0.3 is 0 Å². The van der Waals surface area contributed by atoms with Crippen LogP contribution in [0.25, 0.3) is 44.3 Å². The summed E-state index contributed by atoms with van der Waals surface area (Å²) >= 11 is 0. The van der Waals surface area contributed by atoms with Crippen molar-refractivity contribution < 1.29 is 20.1 Å². The second-order valence-corrected chi connectivity index (χ2v) is 7.32. The van der Waals surface area contributed by atoms with Crippen LogP contribution >= 0.6 is 0 Å². The summed E-state index contributed by atoms with van der Waals surface area (Å²) in [6, 6.07) is 31.9. The van der Waals surface area contributed by atoms with Crippen molar-refractivity contribution in [3.8, 4) is 22.6 Å². The molecule has 6 heteroatoms. The average molecular weight is 606 g/mol. The summed E-state index contributed by atoms with van der Waals surface area (Å²) in [5.74, 6) is 0. The van der Waals surface area contributed by atoms with Gasteiger partial charge in [-0.15, -0.1) is 29.1 Å². The van der Waals surface area contributed by atoms with Crippen LogP contribution in [0, 0.1) is 13.0 Å². The molecule has 0 aliphatic carbocycles. The molecule has 0 bridgehead atoms. The van der Waals surface area contributed by atoms with Gasteiger partial charge in [0.05, 0.1) is 11.2 Å². The Labute approximate surface area is 205 Å². The van der Waals surface area contributed by atoms with E-state index in [0.717, 1.165) is 22.5 Å². The molecule has 0 N–H and O–H groups in total. The Kier molecular flexibility index (Phi) is 6.98. The maximum absolute atomic E-state index is 4.83. The summed E-state index contributed by atoms with van der Waals surface area (Å²) in [5.41, 5.74) is 5.86. The van der Waals surface area contributed by atoms with Gasteiger partial charge in [-0.05, 0) is 42.1 Å². The molecule has 0 fully saturated rings. The Morgan fingerprint density at radius 3 is 2.39 bits per heavy atom. The van der Waals surface area contributed by atoms with E-state index in [0.29, 0.717) is 5.69 Å². The molecule has 3 heterocycles. The second kappa shape index (κ2) is 10.3. The average Bonchev–Trinajstić information content (AvgIpc) is 3.40. The standard InChI is InChI=1S/C20H14N.C7H5N4.Ir/c1-14-13-20(21-19-12-5-4-9-16(14)19)18-11-6-8-15-7-2-3-10-17(15)18;1-2-4-8-6(3-1)7-5-9-11-10-7;/h2-10,12-13H,1H3;1-5H;/q2*-1;. The zero-order valence-electron chi connectivity index (χ0n) is 17.8. The molecule has 0 spiro atoms. The van der Waals surface area contributed by atoms with Crippen molar-refractivity contribution in [1.29, 1.82) is 0 Å². The van der Waals surface area contributed by atoms with Gasteiger partial charge in [-0.1, -0.05) is 66.2 Å². The first kappa shape index (κ1) is 22.5. The van der Waals surface area contributed by atoms with Crippen molar-refractivity contribution in [2.45, 2.75) is 6.92 Å². The molecule has 0 amide bonds. The summed E-state index contributed by atoms with van der Waals surface area (Å²) in [6.45, 7) is 2.14. The van der Waals surface area contributed by atoms with Crippen molar-refractivity contribution in [1.82, 2.24) is 25.4 Å². The molecule has 5 nitrogen and oxygen atoms in total. The van der Waals surface area contributed by atoms with E-state index in [1.807, 2.05) is 30.3 Å². The van der Waals surface area contributed by atoms with Crippen molar-refractivity contribution in [2.75, 3.05) is 0 Å². The van der Waals surface area contributed by atoms with Crippen LogP contribution in [0.4, 0.5) is 0 Å². The Bertz CT molecular complexity index is 1480. The van der Waals surface area contributed by atoms with Crippen LogP contribution in [-0.2, 0) is 20.1 Å².